The van der Waals surface area contributed by atoms with Gasteiger partial charge in [0.25, 0.3) is 5.56 Å². The minimum atomic E-state index is -0.197. The summed E-state index contributed by atoms with van der Waals surface area (Å²) >= 11 is 9.04. The molecule has 4 nitrogen and oxygen atoms in total. The van der Waals surface area contributed by atoms with Gasteiger partial charge in [0.2, 0.25) is 0 Å². The Balaban J connectivity index is 2.39. The van der Waals surface area contributed by atoms with Crippen molar-refractivity contribution in [3.05, 3.63) is 56.1 Å². The van der Waals surface area contributed by atoms with Crippen molar-refractivity contribution in [3.8, 4) is 5.75 Å². The monoisotopic (exact) mass is 328 g/mol. The second-order valence-electron chi connectivity index (χ2n) is 3.63. The van der Waals surface area contributed by atoms with Crippen LogP contribution in [0, 0.1) is 0 Å². The average Bonchev–Trinajstić information content (AvgIpc) is 2.33. The van der Waals surface area contributed by atoms with E-state index in [0.29, 0.717) is 6.54 Å². The topological polar surface area (TPSA) is 44.1 Å². The lowest BCUT2D eigenvalue weighted by molar-refractivity contribution is 0.408. The van der Waals surface area contributed by atoms with Gasteiger partial charge in [-0.05, 0) is 18.2 Å². The molecule has 1 aromatic heterocycles. The quantitative estimate of drug-likeness (QED) is 0.813. The minimum Gasteiger partial charge on any atom is -0.496 e. The van der Waals surface area contributed by atoms with Gasteiger partial charge in [-0.25, -0.2) is 4.98 Å². The van der Waals surface area contributed by atoms with Gasteiger partial charge in [0.05, 0.1) is 20.0 Å². The molecule has 0 bridgehead atoms. The summed E-state index contributed by atoms with van der Waals surface area (Å²) < 4.78 is 7.65. The normalized spacial score (nSPS) is 10.4. The maximum atomic E-state index is 11.7. The number of rotatable bonds is 3. The predicted octanol–water partition coefficient (Wildman–Crippen LogP) is 2.72. The number of hydrogen-bond donors (Lipinski definition) is 0. The van der Waals surface area contributed by atoms with E-state index in [-0.39, 0.29) is 10.7 Å². The summed E-state index contributed by atoms with van der Waals surface area (Å²) in [6.07, 6.45) is 1.42. The Morgan fingerprint density at radius 2 is 2.22 bits per heavy atom. The van der Waals surface area contributed by atoms with Crippen LogP contribution in [0.15, 0.2) is 39.9 Å². The van der Waals surface area contributed by atoms with Crippen LogP contribution in [0.2, 0.25) is 5.15 Å². The Morgan fingerprint density at radius 1 is 1.44 bits per heavy atom. The lowest BCUT2D eigenvalue weighted by Gasteiger charge is -2.10. The molecule has 0 saturated heterocycles. The summed E-state index contributed by atoms with van der Waals surface area (Å²) in [5, 5.41) is 0.192. The zero-order valence-corrected chi connectivity index (χ0v) is 11.9. The predicted molar refractivity (Wildman–Crippen MR) is 73.3 cm³/mol. The van der Waals surface area contributed by atoms with Crippen molar-refractivity contribution in [2.45, 2.75) is 6.54 Å². The van der Waals surface area contributed by atoms with Crippen molar-refractivity contribution in [1.29, 1.82) is 0 Å². The summed E-state index contributed by atoms with van der Waals surface area (Å²) in [5.74, 6) is 0.722. The first kappa shape index (κ1) is 13.1. The molecular formula is C12H10BrClN2O2. The van der Waals surface area contributed by atoms with Gasteiger partial charge in [0.1, 0.15) is 10.9 Å². The molecule has 94 valence electrons. The molecule has 0 aliphatic rings. The molecule has 18 heavy (non-hydrogen) atoms. The van der Waals surface area contributed by atoms with Crippen molar-refractivity contribution in [2.24, 2.45) is 0 Å². The molecule has 1 heterocycles. The number of hydrogen-bond acceptors (Lipinski definition) is 3. The van der Waals surface area contributed by atoms with Gasteiger partial charge in [-0.1, -0.05) is 27.5 Å². The highest BCUT2D eigenvalue weighted by molar-refractivity contribution is 9.10. The van der Waals surface area contributed by atoms with Gasteiger partial charge in [0, 0.05) is 16.1 Å². The van der Waals surface area contributed by atoms with Crippen LogP contribution in [0.1, 0.15) is 5.56 Å². The van der Waals surface area contributed by atoms with Crippen molar-refractivity contribution in [1.82, 2.24) is 9.55 Å². The molecule has 0 aliphatic carbocycles. The van der Waals surface area contributed by atoms with Gasteiger partial charge in [-0.2, -0.15) is 0 Å². The summed E-state index contributed by atoms with van der Waals surface area (Å²) in [6.45, 7) is 0.381. The van der Waals surface area contributed by atoms with E-state index in [9.17, 15) is 4.79 Å². The fourth-order valence-corrected chi connectivity index (χ4v) is 2.12. The number of methoxy groups -OCH3 is 1. The van der Waals surface area contributed by atoms with Gasteiger partial charge in [-0.3, -0.25) is 9.36 Å². The highest BCUT2D eigenvalue weighted by Crippen LogP contribution is 2.23. The molecule has 2 rings (SSSR count). The average molecular weight is 330 g/mol. The molecule has 2 aromatic rings. The molecule has 0 N–H and O–H groups in total. The van der Waals surface area contributed by atoms with Crippen molar-refractivity contribution in [2.75, 3.05) is 7.11 Å². The second kappa shape index (κ2) is 5.54. The molecule has 0 amide bonds. The number of benzene rings is 1. The largest absolute Gasteiger partial charge is 0.496 e. The molecule has 0 spiro atoms. The number of halogens is 2. The third-order valence-electron chi connectivity index (χ3n) is 2.43. The Labute approximate surface area is 117 Å². The smallest absolute Gasteiger partial charge is 0.255 e. The maximum Gasteiger partial charge on any atom is 0.255 e. The first-order valence-corrected chi connectivity index (χ1v) is 6.31. The summed E-state index contributed by atoms with van der Waals surface area (Å²) in [7, 11) is 1.59. The standard InChI is InChI=1S/C12H10BrClN2O2/c1-18-10-3-2-9(13)4-8(10)6-16-7-15-11(14)5-12(16)17/h2-5,7H,6H2,1H3. The number of ether oxygens (including phenoxy) is 1. The second-order valence-corrected chi connectivity index (χ2v) is 4.94. The van der Waals surface area contributed by atoms with Crippen molar-refractivity contribution >= 4 is 27.5 Å². The van der Waals surface area contributed by atoms with Crippen LogP contribution < -0.4 is 10.3 Å². The van der Waals surface area contributed by atoms with E-state index in [1.54, 1.807) is 7.11 Å². The van der Waals surface area contributed by atoms with Crippen LogP contribution in [0.4, 0.5) is 0 Å². The van der Waals surface area contributed by atoms with Gasteiger partial charge in [-0.15, -0.1) is 0 Å². The first-order valence-electron chi connectivity index (χ1n) is 5.14. The van der Waals surface area contributed by atoms with Gasteiger partial charge in [0.15, 0.2) is 0 Å². The van der Waals surface area contributed by atoms with Crippen LogP contribution in [0.25, 0.3) is 0 Å². The van der Waals surface area contributed by atoms with Crippen LogP contribution >= 0.6 is 27.5 Å². The zero-order valence-electron chi connectivity index (χ0n) is 9.56. The Bertz CT molecular complexity index is 628. The fourth-order valence-electron chi connectivity index (χ4n) is 1.58. The van der Waals surface area contributed by atoms with Crippen LogP contribution in [0.5, 0.6) is 5.75 Å². The van der Waals surface area contributed by atoms with Gasteiger partial charge < -0.3 is 4.74 Å². The van der Waals surface area contributed by atoms with Crippen LogP contribution in [-0.4, -0.2) is 16.7 Å². The molecule has 1 aromatic carbocycles. The molecule has 0 unspecified atom stereocenters. The van der Waals surface area contributed by atoms with Crippen LogP contribution in [0.3, 0.4) is 0 Å². The number of aromatic nitrogens is 2. The zero-order chi connectivity index (χ0) is 13.1. The Morgan fingerprint density at radius 3 is 2.89 bits per heavy atom. The van der Waals surface area contributed by atoms with Crippen LogP contribution in [-0.2, 0) is 6.54 Å². The SMILES string of the molecule is COc1ccc(Br)cc1Cn1cnc(Cl)cc1=O. The maximum absolute atomic E-state index is 11.7. The third-order valence-corrected chi connectivity index (χ3v) is 3.13. The molecule has 0 aliphatic heterocycles. The van der Waals surface area contributed by atoms with E-state index in [0.717, 1.165) is 15.8 Å². The van der Waals surface area contributed by atoms with E-state index in [1.807, 2.05) is 18.2 Å². The molecule has 6 heteroatoms. The molecular weight excluding hydrogens is 320 g/mol. The summed E-state index contributed by atoms with van der Waals surface area (Å²) in [4.78, 5) is 15.6. The third kappa shape index (κ3) is 2.91. The lowest BCUT2D eigenvalue weighted by Crippen LogP contribution is -2.20. The van der Waals surface area contributed by atoms with Gasteiger partial charge >= 0.3 is 0 Å². The van der Waals surface area contributed by atoms with E-state index in [1.165, 1.54) is 17.0 Å². The van der Waals surface area contributed by atoms with E-state index in [2.05, 4.69) is 20.9 Å². The fraction of sp³-hybridized carbons (Fsp3) is 0.167. The first-order chi connectivity index (χ1) is 8.60. The molecule has 0 saturated carbocycles. The minimum absolute atomic E-state index is 0.192. The molecule has 0 fully saturated rings. The molecule has 0 radical (unpaired) electrons. The number of nitrogens with zero attached hydrogens (tertiary/aromatic N) is 2. The van der Waals surface area contributed by atoms with Crippen molar-refractivity contribution in [3.63, 3.8) is 0 Å². The van der Waals surface area contributed by atoms with E-state index in [4.69, 9.17) is 16.3 Å². The highest BCUT2D eigenvalue weighted by Gasteiger charge is 2.06. The Hall–Kier alpha value is -1.33. The van der Waals surface area contributed by atoms with Crippen molar-refractivity contribution < 1.29 is 4.74 Å². The Kier molecular flexibility index (Phi) is 4.04. The highest BCUT2D eigenvalue weighted by atomic mass is 79.9. The van der Waals surface area contributed by atoms with E-state index < -0.39 is 0 Å². The molecule has 0 atom stereocenters. The summed E-state index contributed by atoms with van der Waals surface area (Å²) in [5.41, 5.74) is 0.690. The van der Waals surface area contributed by atoms with E-state index >= 15 is 0 Å². The summed E-state index contributed by atoms with van der Waals surface area (Å²) in [6, 6.07) is 6.91. The lowest BCUT2D eigenvalue weighted by atomic mass is 10.2.